The van der Waals surface area contributed by atoms with Crippen LogP contribution >= 0.6 is 11.3 Å². The molecule has 8 heteroatoms. The second kappa shape index (κ2) is 6.74. The van der Waals surface area contributed by atoms with Crippen molar-refractivity contribution in [3.05, 3.63) is 40.4 Å². The summed E-state index contributed by atoms with van der Waals surface area (Å²) in [5.41, 5.74) is 7.76. The zero-order chi connectivity index (χ0) is 16.3. The van der Waals surface area contributed by atoms with Crippen LogP contribution in [0.25, 0.3) is 0 Å². The molecule has 3 rings (SSSR count). The molecular weight excluding hydrogens is 322 g/mol. The monoisotopic (exact) mass is 341 g/mol. The van der Waals surface area contributed by atoms with Gasteiger partial charge in [-0.3, -0.25) is 4.55 Å². The average molecular weight is 341 g/mol. The molecule has 0 radical (unpaired) electrons. The van der Waals surface area contributed by atoms with E-state index in [0.717, 1.165) is 25.1 Å². The number of hydrogen-bond donors (Lipinski definition) is 2. The Balaban J connectivity index is 0.000000160. The second-order valence-electron chi connectivity index (χ2n) is 5.20. The zero-order valence-electron chi connectivity index (χ0n) is 12.5. The first-order valence-corrected chi connectivity index (χ1v) is 8.98. The summed E-state index contributed by atoms with van der Waals surface area (Å²) in [7, 11) is -1.90. The van der Waals surface area contributed by atoms with Gasteiger partial charge in [-0.15, -0.1) is 11.3 Å². The molecule has 0 saturated heterocycles. The highest BCUT2D eigenvalue weighted by molar-refractivity contribution is 7.85. The van der Waals surface area contributed by atoms with Crippen LogP contribution in [0.3, 0.4) is 0 Å². The van der Waals surface area contributed by atoms with Gasteiger partial charge in [0, 0.05) is 24.4 Å². The Labute approximate surface area is 134 Å². The van der Waals surface area contributed by atoms with E-state index in [2.05, 4.69) is 16.9 Å². The molecule has 2 heterocycles. The van der Waals surface area contributed by atoms with Gasteiger partial charge >= 0.3 is 0 Å². The van der Waals surface area contributed by atoms with E-state index in [4.69, 9.17) is 10.3 Å². The van der Waals surface area contributed by atoms with Crippen LogP contribution in [0.5, 0.6) is 0 Å². The summed E-state index contributed by atoms with van der Waals surface area (Å²) < 4.78 is 29.6. The molecular formula is C14H19N3O3S2. The van der Waals surface area contributed by atoms with Crippen molar-refractivity contribution in [3.8, 4) is 0 Å². The first kappa shape index (κ1) is 16.9. The van der Waals surface area contributed by atoms with Crippen molar-refractivity contribution >= 4 is 26.6 Å². The smallest absolute Gasteiger partial charge is 0.294 e. The fraction of sp³-hybridized carbons (Fsp3) is 0.357. The highest BCUT2D eigenvalue weighted by atomic mass is 32.2. The number of fused-ring (bicyclic) bond motifs is 1. The lowest BCUT2D eigenvalue weighted by atomic mass is 10.2. The number of nitrogens with zero attached hydrogens (tertiary/aromatic N) is 2. The molecule has 1 aliphatic rings. The molecule has 0 bridgehead atoms. The van der Waals surface area contributed by atoms with Crippen molar-refractivity contribution in [3.63, 3.8) is 0 Å². The lowest BCUT2D eigenvalue weighted by molar-refractivity contribution is 0.314. The number of nitrogens with two attached hydrogens (primary N) is 1. The number of benzene rings is 1. The van der Waals surface area contributed by atoms with Gasteiger partial charge in [0.05, 0.1) is 10.6 Å². The molecule has 0 aliphatic carbocycles. The van der Waals surface area contributed by atoms with Crippen LogP contribution < -0.4 is 5.73 Å². The quantitative estimate of drug-likeness (QED) is 0.770. The van der Waals surface area contributed by atoms with E-state index in [1.54, 1.807) is 23.5 Å². The molecule has 0 amide bonds. The van der Waals surface area contributed by atoms with Gasteiger partial charge < -0.3 is 10.6 Å². The fourth-order valence-corrected chi connectivity index (χ4v) is 3.49. The van der Waals surface area contributed by atoms with Crippen molar-refractivity contribution < 1.29 is 13.0 Å². The van der Waals surface area contributed by atoms with Crippen LogP contribution in [0.2, 0.25) is 0 Å². The molecule has 1 aromatic heterocycles. The number of anilines is 1. The number of rotatable bonds is 1. The molecule has 0 unspecified atom stereocenters. The largest absolute Gasteiger partial charge is 0.375 e. The van der Waals surface area contributed by atoms with Crippen molar-refractivity contribution in [1.29, 1.82) is 0 Å². The molecule has 22 heavy (non-hydrogen) atoms. The summed E-state index contributed by atoms with van der Waals surface area (Å²) in [6, 6.07) is 5.99. The average Bonchev–Trinajstić information content (AvgIpc) is 2.78. The van der Waals surface area contributed by atoms with Crippen LogP contribution in [0, 0.1) is 6.92 Å². The van der Waals surface area contributed by atoms with Gasteiger partial charge in [0.1, 0.15) is 0 Å². The molecule has 1 aliphatic heterocycles. The van der Waals surface area contributed by atoms with Gasteiger partial charge in [-0.2, -0.15) is 8.42 Å². The lowest BCUT2D eigenvalue weighted by Crippen LogP contribution is -2.25. The van der Waals surface area contributed by atoms with Crippen LogP contribution in [-0.4, -0.2) is 36.4 Å². The number of aryl methyl sites for hydroxylation is 1. The minimum absolute atomic E-state index is 0.0666. The number of nitrogen functional groups attached to an aromatic ring is 1. The topological polar surface area (TPSA) is 96.5 Å². The minimum atomic E-state index is -4.02. The Bertz CT molecular complexity index is 739. The van der Waals surface area contributed by atoms with E-state index in [-0.39, 0.29) is 4.90 Å². The van der Waals surface area contributed by atoms with E-state index in [1.807, 2.05) is 6.92 Å². The van der Waals surface area contributed by atoms with Gasteiger partial charge in [-0.25, -0.2) is 4.98 Å². The molecule has 2 aromatic rings. The summed E-state index contributed by atoms with van der Waals surface area (Å²) in [5.74, 6) is 0. The standard InChI is InChI=1S/C7H11N3S.C7H8O3S/c1-10-3-2-5-6(4-10)11-7(8)9-5;1-6-2-4-7(5-3-6)11(8,9)10/h2-4H2,1H3,(H2,8,9);2-5H,1H3,(H,8,9,10). The summed E-state index contributed by atoms with van der Waals surface area (Å²) in [5, 5.41) is 0.713. The third kappa shape index (κ3) is 4.51. The minimum Gasteiger partial charge on any atom is -0.375 e. The van der Waals surface area contributed by atoms with Crippen molar-refractivity contribution in [2.75, 3.05) is 19.3 Å². The Morgan fingerprint density at radius 1 is 1.32 bits per heavy atom. The predicted molar refractivity (Wildman–Crippen MR) is 87.6 cm³/mol. The van der Waals surface area contributed by atoms with Crippen LogP contribution in [0.4, 0.5) is 5.13 Å². The molecule has 0 spiro atoms. The molecule has 0 atom stereocenters. The van der Waals surface area contributed by atoms with Crippen LogP contribution in [0.15, 0.2) is 29.2 Å². The number of hydrogen-bond acceptors (Lipinski definition) is 6. The maximum absolute atomic E-state index is 10.5. The molecule has 120 valence electrons. The van der Waals surface area contributed by atoms with E-state index in [0.29, 0.717) is 5.13 Å². The Morgan fingerprint density at radius 2 is 1.95 bits per heavy atom. The normalized spacial score (nSPS) is 14.9. The molecule has 0 saturated carbocycles. The number of thiazole rings is 1. The Hall–Kier alpha value is -1.48. The van der Waals surface area contributed by atoms with Gasteiger partial charge in [0.25, 0.3) is 10.1 Å². The zero-order valence-corrected chi connectivity index (χ0v) is 14.1. The molecule has 0 fully saturated rings. The summed E-state index contributed by atoms with van der Waals surface area (Å²) in [4.78, 5) is 7.82. The first-order valence-electron chi connectivity index (χ1n) is 6.72. The maximum Gasteiger partial charge on any atom is 0.294 e. The van der Waals surface area contributed by atoms with Gasteiger partial charge in [-0.05, 0) is 26.1 Å². The highest BCUT2D eigenvalue weighted by Crippen LogP contribution is 2.25. The van der Waals surface area contributed by atoms with Crippen LogP contribution in [0.1, 0.15) is 16.1 Å². The fourth-order valence-electron chi connectivity index (χ4n) is 2.05. The molecule has 1 aromatic carbocycles. The highest BCUT2D eigenvalue weighted by Gasteiger charge is 2.16. The van der Waals surface area contributed by atoms with Crippen molar-refractivity contribution in [2.45, 2.75) is 24.8 Å². The van der Waals surface area contributed by atoms with Gasteiger partial charge in [0.2, 0.25) is 0 Å². The Kier molecular flexibility index (Phi) is 5.17. The van der Waals surface area contributed by atoms with E-state index in [1.165, 1.54) is 22.7 Å². The maximum atomic E-state index is 10.5. The second-order valence-corrected chi connectivity index (χ2v) is 7.73. The third-order valence-electron chi connectivity index (χ3n) is 3.26. The molecule has 3 N–H and O–H groups in total. The summed E-state index contributed by atoms with van der Waals surface area (Å²) >= 11 is 1.62. The van der Waals surface area contributed by atoms with E-state index in [9.17, 15) is 8.42 Å². The lowest BCUT2D eigenvalue weighted by Gasteiger charge is -2.20. The molecule has 6 nitrogen and oxygen atoms in total. The van der Waals surface area contributed by atoms with Gasteiger partial charge in [-0.1, -0.05) is 17.7 Å². The van der Waals surface area contributed by atoms with E-state index < -0.39 is 10.1 Å². The van der Waals surface area contributed by atoms with Crippen LogP contribution in [-0.2, 0) is 23.1 Å². The Morgan fingerprint density at radius 3 is 2.55 bits per heavy atom. The van der Waals surface area contributed by atoms with Crippen molar-refractivity contribution in [1.82, 2.24) is 9.88 Å². The number of aromatic nitrogens is 1. The summed E-state index contributed by atoms with van der Waals surface area (Å²) in [6.07, 6.45) is 1.06. The SMILES string of the molecule is CN1CCc2nc(N)sc2C1.Cc1ccc(S(=O)(=O)O)cc1. The first-order chi connectivity index (χ1) is 10.3. The van der Waals surface area contributed by atoms with Gasteiger partial charge in [0.15, 0.2) is 5.13 Å². The predicted octanol–water partition coefficient (Wildman–Crippen LogP) is 1.95. The third-order valence-corrected chi connectivity index (χ3v) is 5.04. The number of likely N-dealkylation sites (N-methyl/N-ethyl adjacent to an activating group) is 1. The van der Waals surface area contributed by atoms with E-state index >= 15 is 0 Å². The summed E-state index contributed by atoms with van der Waals surface area (Å²) in [6.45, 7) is 3.97. The van der Waals surface area contributed by atoms with Crippen molar-refractivity contribution in [2.24, 2.45) is 0 Å².